The summed E-state index contributed by atoms with van der Waals surface area (Å²) in [6.07, 6.45) is -7.73. The average Bonchev–Trinajstić information content (AvgIpc) is 2.49. The van der Waals surface area contributed by atoms with E-state index in [1.54, 1.807) is 0 Å². The fourth-order valence-electron chi connectivity index (χ4n) is 2.89. The molecule has 0 radical (unpaired) electrons. The van der Waals surface area contributed by atoms with Gasteiger partial charge in [-0.1, -0.05) is 0 Å². The molecule has 2 fully saturated rings. The predicted molar refractivity (Wildman–Crippen MR) is 75.2 cm³/mol. The predicted octanol–water partition coefficient (Wildman–Crippen LogP) is -5.12. The van der Waals surface area contributed by atoms with Crippen molar-refractivity contribution in [3.8, 4) is 0 Å². The van der Waals surface area contributed by atoms with Crippen LogP contribution in [0.4, 0.5) is 0 Å². The molecule has 2 rings (SSSR count). The molecule has 22 heavy (non-hydrogen) atoms. The van der Waals surface area contributed by atoms with Crippen LogP contribution in [0.1, 0.15) is 6.42 Å². The highest BCUT2D eigenvalue weighted by atomic mass is 16.7. The van der Waals surface area contributed by atoms with Gasteiger partial charge in [-0.15, -0.1) is 0 Å². The smallest absolute Gasteiger partial charge is 0.176 e. The van der Waals surface area contributed by atoms with Gasteiger partial charge in [0.25, 0.3) is 0 Å². The van der Waals surface area contributed by atoms with E-state index in [2.05, 4.69) is 0 Å². The zero-order chi connectivity index (χ0) is 16.6. The van der Waals surface area contributed by atoms with E-state index in [4.69, 9.17) is 32.4 Å². The van der Waals surface area contributed by atoms with Gasteiger partial charge in [-0.3, -0.25) is 0 Å². The zero-order valence-corrected chi connectivity index (χ0v) is 12.1. The molecule has 0 unspecified atom stereocenters. The highest BCUT2D eigenvalue weighted by molar-refractivity contribution is 4.99. The van der Waals surface area contributed by atoms with Crippen molar-refractivity contribution < 1.29 is 29.9 Å². The van der Waals surface area contributed by atoms with Gasteiger partial charge in [0, 0.05) is 18.6 Å². The van der Waals surface area contributed by atoms with E-state index in [-0.39, 0.29) is 13.0 Å². The first kappa shape index (κ1) is 17.9. The van der Waals surface area contributed by atoms with Gasteiger partial charge < -0.3 is 52.8 Å². The Hall–Kier alpha value is -0.400. The molecule has 10 heteroatoms. The van der Waals surface area contributed by atoms with E-state index in [1.165, 1.54) is 0 Å². The molecule has 1 aliphatic heterocycles. The van der Waals surface area contributed by atoms with Gasteiger partial charge >= 0.3 is 0 Å². The van der Waals surface area contributed by atoms with Crippen LogP contribution in [-0.2, 0) is 9.47 Å². The number of nitrogens with two attached hydrogens (primary N) is 4. The van der Waals surface area contributed by atoms with Crippen molar-refractivity contribution in [2.45, 2.75) is 67.5 Å². The van der Waals surface area contributed by atoms with E-state index in [9.17, 15) is 20.4 Å². The Morgan fingerprint density at radius 2 is 1.55 bits per heavy atom. The van der Waals surface area contributed by atoms with Crippen molar-refractivity contribution in [1.29, 1.82) is 0 Å². The molecule has 0 aromatic rings. The summed E-state index contributed by atoms with van der Waals surface area (Å²) in [4.78, 5) is 0. The van der Waals surface area contributed by atoms with Gasteiger partial charge in [-0.25, -0.2) is 0 Å². The Morgan fingerprint density at radius 3 is 2.14 bits per heavy atom. The van der Waals surface area contributed by atoms with Crippen molar-refractivity contribution in [1.82, 2.24) is 0 Å². The molecule has 130 valence electrons. The Kier molecular flexibility index (Phi) is 5.72. The largest absolute Gasteiger partial charge is 0.389 e. The molecule has 10 nitrogen and oxygen atoms in total. The van der Waals surface area contributed by atoms with Crippen LogP contribution in [0.3, 0.4) is 0 Å². The van der Waals surface area contributed by atoms with E-state index >= 15 is 0 Å². The fraction of sp³-hybridized carbons (Fsp3) is 1.00. The van der Waals surface area contributed by atoms with Crippen LogP contribution in [0.2, 0.25) is 0 Å². The van der Waals surface area contributed by atoms with Crippen LogP contribution in [0.5, 0.6) is 0 Å². The summed E-state index contributed by atoms with van der Waals surface area (Å²) >= 11 is 0. The van der Waals surface area contributed by atoms with Gasteiger partial charge in [0.05, 0.1) is 12.1 Å². The van der Waals surface area contributed by atoms with Crippen LogP contribution in [0.15, 0.2) is 0 Å². The SMILES string of the molecule is NC[C@@H]1O[C@H](O[C@H]2[C@@H](O)[C@@H](O)[C@@H](N)C[C@H]2N)[C@H](N)[C@H](O)[C@@H]1O. The minimum absolute atomic E-state index is 0.0441. The highest BCUT2D eigenvalue weighted by Gasteiger charge is 2.47. The monoisotopic (exact) mass is 322 g/mol. The van der Waals surface area contributed by atoms with Gasteiger partial charge in [0.2, 0.25) is 0 Å². The average molecular weight is 322 g/mol. The fourth-order valence-corrected chi connectivity index (χ4v) is 2.89. The number of ether oxygens (including phenoxy) is 2. The molecule has 1 saturated carbocycles. The maximum Gasteiger partial charge on any atom is 0.176 e. The second-order valence-corrected chi connectivity index (χ2v) is 5.98. The van der Waals surface area contributed by atoms with Crippen molar-refractivity contribution in [2.75, 3.05) is 6.54 Å². The number of hydrogen-bond donors (Lipinski definition) is 8. The lowest BCUT2D eigenvalue weighted by molar-refractivity contribution is -0.287. The third kappa shape index (κ3) is 3.26. The summed E-state index contributed by atoms with van der Waals surface area (Å²) in [5.74, 6) is 0. The summed E-state index contributed by atoms with van der Waals surface area (Å²) < 4.78 is 11.0. The molecular weight excluding hydrogens is 296 g/mol. The maximum absolute atomic E-state index is 10.1. The lowest BCUT2D eigenvalue weighted by Crippen LogP contribution is -2.67. The first-order valence-corrected chi connectivity index (χ1v) is 7.28. The van der Waals surface area contributed by atoms with Crippen molar-refractivity contribution in [3.63, 3.8) is 0 Å². The molecule has 12 N–H and O–H groups in total. The van der Waals surface area contributed by atoms with Gasteiger partial charge in [-0.05, 0) is 6.42 Å². The standard InChI is InChI=1S/C12H26N4O6/c13-2-5-8(18)9(19)6(16)12(21-5)22-11-4(15)1-3(14)7(17)10(11)20/h3-12,17-20H,1-2,13-16H2/t3-,4+,5-,6+,7-,8+,9-,10-,11+,12+/m0/s1. The number of aliphatic hydroxyl groups excluding tert-OH is 4. The topological polar surface area (TPSA) is 203 Å². The van der Waals surface area contributed by atoms with E-state index in [1.807, 2.05) is 0 Å². The van der Waals surface area contributed by atoms with E-state index < -0.39 is 61.0 Å². The Balaban J connectivity index is 2.08. The van der Waals surface area contributed by atoms with Gasteiger partial charge in [0.15, 0.2) is 6.29 Å². The second-order valence-electron chi connectivity index (χ2n) is 5.98. The van der Waals surface area contributed by atoms with Crippen LogP contribution >= 0.6 is 0 Å². The molecule has 0 aromatic heterocycles. The Bertz CT molecular complexity index is 376. The van der Waals surface area contributed by atoms with Crippen molar-refractivity contribution >= 4 is 0 Å². The van der Waals surface area contributed by atoms with Crippen LogP contribution in [0.25, 0.3) is 0 Å². The van der Waals surface area contributed by atoms with E-state index in [0.717, 1.165) is 0 Å². The summed E-state index contributed by atoms with van der Waals surface area (Å²) in [7, 11) is 0. The summed E-state index contributed by atoms with van der Waals surface area (Å²) in [6, 6.07) is -2.34. The molecule has 1 heterocycles. The number of hydrogen-bond acceptors (Lipinski definition) is 10. The molecule has 0 spiro atoms. The summed E-state index contributed by atoms with van der Waals surface area (Å²) in [5.41, 5.74) is 22.8. The van der Waals surface area contributed by atoms with Crippen LogP contribution in [0, 0.1) is 0 Å². The molecule has 0 aromatic carbocycles. The van der Waals surface area contributed by atoms with Crippen molar-refractivity contribution in [2.24, 2.45) is 22.9 Å². The molecule has 2 aliphatic rings. The molecule has 10 atom stereocenters. The highest BCUT2D eigenvalue weighted by Crippen LogP contribution is 2.26. The second kappa shape index (κ2) is 7.01. The Morgan fingerprint density at radius 1 is 0.909 bits per heavy atom. The zero-order valence-electron chi connectivity index (χ0n) is 12.1. The van der Waals surface area contributed by atoms with Crippen molar-refractivity contribution in [3.05, 3.63) is 0 Å². The van der Waals surface area contributed by atoms with Crippen LogP contribution < -0.4 is 22.9 Å². The Labute approximate surface area is 128 Å². The molecule has 1 saturated heterocycles. The third-order valence-electron chi connectivity index (χ3n) is 4.36. The lowest BCUT2D eigenvalue weighted by Gasteiger charge is -2.45. The van der Waals surface area contributed by atoms with E-state index in [0.29, 0.717) is 0 Å². The third-order valence-corrected chi connectivity index (χ3v) is 4.36. The minimum Gasteiger partial charge on any atom is -0.389 e. The number of aliphatic hydroxyl groups is 4. The summed E-state index contributed by atoms with van der Waals surface area (Å²) in [5, 5.41) is 39.6. The van der Waals surface area contributed by atoms with Gasteiger partial charge in [0.1, 0.15) is 30.5 Å². The normalized spacial score (nSPS) is 53.5. The first-order valence-electron chi connectivity index (χ1n) is 7.28. The molecule has 0 bridgehead atoms. The molecule has 0 amide bonds. The quantitative estimate of drug-likeness (QED) is 0.248. The van der Waals surface area contributed by atoms with Gasteiger partial charge in [-0.2, -0.15) is 0 Å². The lowest BCUT2D eigenvalue weighted by atomic mass is 9.84. The molecular formula is C12H26N4O6. The first-order chi connectivity index (χ1) is 10.3. The summed E-state index contributed by atoms with van der Waals surface area (Å²) in [6.45, 7) is -0.0441. The maximum atomic E-state index is 10.1. The minimum atomic E-state index is -1.31. The number of rotatable bonds is 3. The van der Waals surface area contributed by atoms with Crippen LogP contribution in [-0.4, -0.2) is 88.0 Å². The molecule has 1 aliphatic carbocycles.